The molecule has 0 aliphatic carbocycles. The zero-order valence-corrected chi connectivity index (χ0v) is 11.4. The maximum atomic E-state index is 12.6. The highest BCUT2D eigenvalue weighted by molar-refractivity contribution is 6.12. The monoisotopic (exact) mass is 269 g/mol. The highest BCUT2D eigenvalue weighted by Gasteiger charge is 2.30. The number of anilines is 4. The van der Waals surface area contributed by atoms with Crippen molar-refractivity contribution in [3.63, 3.8) is 0 Å². The van der Waals surface area contributed by atoms with E-state index in [9.17, 15) is 4.79 Å². The molecule has 2 aromatic heterocycles. The van der Waals surface area contributed by atoms with E-state index in [0.717, 1.165) is 11.5 Å². The van der Waals surface area contributed by atoms with Crippen molar-refractivity contribution in [1.82, 2.24) is 9.97 Å². The Balaban J connectivity index is 2.31. The van der Waals surface area contributed by atoms with Gasteiger partial charge in [0.05, 0.1) is 23.1 Å². The maximum Gasteiger partial charge on any atom is 0.261 e. The second-order valence-corrected chi connectivity index (χ2v) is 4.59. The van der Waals surface area contributed by atoms with Crippen LogP contribution < -0.4 is 15.5 Å². The van der Waals surface area contributed by atoms with Crippen LogP contribution in [0.25, 0.3) is 0 Å². The quantitative estimate of drug-likeness (QED) is 0.854. The van der Waals surface area contributed by atoms with Crippen molar-refractivity contribution in [1.29, 1.82) is 0 Å². The Bertz CT molecular complexity index is 685. The molecule has 0 aromatic carbocycles. The number of aromatic nitrogens is 2. The first-order valence-corrected chi connectivity index (χ1v) is 6.39. The smallest absolute Gasteiger partial charge is 0.261 e. The highest BCUT2D eigenvalue weighted by Crippen LogP contribution is 2.37. The van der Waals surface area contributed by atoms with Gasteiger partial charge < -0.3 is 15.5 Å². The first-order valence-electron chi connectivity index (χ1n) is 6.39. The molecule has 0 fully saturated rings. The fourth-order valence-corrected chi connectivity index (χ4v) is 2.39. The number of fused-ring (bicyclic) bond motifs is 2. The number of hydrogen-bond donors (Lipinski definition) is 1. The number of carbonyl (C=O) groups excluding carboxylic acids is 1. The van der Waals surface area contributed by atoms with Crippen molar-refractivity contribution in [3.8, 4) is 0 Å². The van der Waals surface area contributed by atoms with E-state index < -0.39 is 0 Å². The number of nitrogen functional groups attached to an aromatic ring is 1. The Morgan fingerprint density at radius 2 is 2.10 bits per heavy atom. The molecule has 0 spiro atoms. The van der Waals surface area contributed by atoms with Crippen LogP contribution in [0, 0.1) is 0 Å². The molecule has 1 aliphatic heterocycles. The molecule has 20 heavy (non-hydrogen) atoms. The van der Waals surface area contributed by atoms with E-state index in [0.29, 0.717) is 23.6 Å². The molecule has 0 unspecified atom stereocenters. The van der Waals surface area contributed by atoms with Gasteiger partial charge in [0.1, 0.15) is 5.82 Å². The van der Waals surface area contributed by atoms with Crippen LogP contribution in [-0.4, -0.2) is 29.5 Å². The fraction of sp³-hybridized carbons (Fsp3) is 0.214. The van der Waals surface area contributed by atoms with Crippen LogP contribution in [0.1, 0.15) is 17.3 Å². The van der Waals surface area contributed by atoms with E-state index in [2.05, 4.69) is 9.97 Å². The lowest BCUT2D eigenvalue weighted by Crippen LogP contribution is -2.25. The van der Waals surface area contributed by atoms with Crippen molar-refractivity contribution in [2.24, 2.45) is 0 Å². The summed E-state index contributed by atoms with van der Waals surface area (Å²) >= 11 is 0. The van der Waals surface area contributed by atoms with Crippen molar-refractivity contribution >= 4 is 28.9 Å². The molecule has 6 nitrogen and oxygen atoms in total. The van der Waals surface area contributed by atoms with Crippen LogP contribution in [0.2, 0.25) is 0 Å². The summed E-state index contributed by atoms with van der Waals surface area (Å²) in [4.78, 5) is 24.8. The van der Waals surface area contributed by atoms with E-state index in [1.165, 1.54) is 0 Å². The molecule has 0 bridgehead atoms. The lowest BCUT2D eigenvalue weighted by Gasteiger charge is -2.22. The van der Waals surface area contributed by atoms with Crippen LogP contribution in [0.15, 0.2) is 30.6 Å². The van der Waals surface area contributed by atoms with Gasteiger partial charge in [-0.3, -0.25) is 4.79 Å². The van der Waals surface area contributed by atoms with Crippen LogP contribution in [0.5, 0.6) is 0 Å². The summed E-state index contributed by atoms with van der Waals surface area (Å²) in [6, 6.07) is 5.35. The van der Waals surface area contributed by atoms with E-state index in [1.54, 1.807) is 30.4 Å². The standard InChI is InChI=1S/C14H15N5O/c1-3-19-12-10(7-9(15)8-17-12)14(20)18(2)11-5-4-6-16-13(11)19/h4-8H,3,15H2,1-2H3. The minimum absolute atomic E-state index is 0.134. The topological polar surface area (TPSA) is 75.4 Å². The first kappa shape index (κ1) is 12.4. The van der Waals surface area contributed by atoms with Gasteiger partial charge in [0.25, 0.3) is 5.91 Å². The summed E-state index contributed by atoms with van der Waals surface area (Å²) in [5.41, 5.74) is 7.49. The molecular formula is C14H15N5O. The van der Waals surface area contributed by atoms with E-state index in [4.69, 9.17) is 5.73 Å². The molecule has 0 atom stereocenters. The zero-order chi connectivity index (χ0) is 14.3. The number of nitrogens with zero attached hydrogens (tertiary/aromatic N) is 4. The van der Waals surface area contributed by atoms with Gasteiger partial charge in [-0.25, -0.2) is 9.97 Å². The second kappa shape index (κ2) is 4.48. The Morgan fingerprint density at radius 1 is 1.30 bits per heavy atom. The van der Waals surface area contributed by atoms with Crippen LogP contribution in [0.3, 0.4) is 0 Å². The molecule has 3 heterocycles. The van der Waals surface area contributed by atoms with Crippen molar-refractivity contribution in [2.45, 2.75) is 6.92 Å². The Kier molecular flexibility index (Phi) is 2.78. The van der Waals surface area contributed by atoms with Crippen molar-refractivity contribution < 1.29 is 4.79 Å². The third kappa shape index (κ3) is 1.69. The average molecular weight is 269 g/mol. The van der Waals surface area contributed by atoms with Crippen molar-refractivity contribution in [2.75, 3.05) is 29.1 Å². The number of rotatable bonds is 1. The van der Waals surface area contributed by atoms with Gasteiger partial charge in [-0.15, -0.1) is 0 Å². The van der Waals surface area contributed by atoms with Gasteiger partial charge in [0, 0.05) is 19.8 Å². The van der Waals surface area contributed by atoms with E-state index in [1.807, 2.05) is 24.0 Å². The second-order valence-electron chi connectivity index (χ2n) is 4.59. The van der Waals surface area contributed by atoms with Gasteiger partial charge >= 0.3 is 0 Å². The summed E-state index contributed by atoms with van der Waals surface area (Å²) in [6.07, 6.45) is 3.27. The number of carbonyl (C=O) groups is 1. The fourth-order valence-electron chi connectivity index (χ4n) is 2.39. The Morgan fingerprint density at radius 3 is 2.85 bits per heavy atom. The number of amides is 1. The maximum absolute atomic E-state index is 12.6. The molecule has 3 rings (SSSR count). The van der Waals surface area contributed by atoms with Crippen LogP contribution >= 0.6 is 0 Å². The third-order valence-electron chi connectivity index (χ3n) is 3.38. The molecular weight excluding hydrogens is 254 g/mol. The zero-order valence-electron chi connectivity index (χ0n) is 11.4. The van der Waals surface area contributed by atoms with Gasteiger partial charge in [-0.05, 0) is 25.1 Å². The molecule has 2 aromatic rings. The molecule has 102 valence electrons. The van der Waals surface area contributed by atoms with E-state index >= 15 is 0 Å². The van der Waals surface area contributed by atoms with Crippen molar-refractivity contribution in [3.05, 3.63) is 36.2 Å². The van der Waals surface area contributed by atoms with Gasteiger partial charge in [0.2, 0.25) is 0 Å². The lowest BCUT2D eigenvalue weighted by molar-refractivity contribution is 0.0994. The summed E-state index contributed by atoms with van der Waals surface area (Å²) in [6.45, 7) is 2.66. The number of nitrogens with two attached hydrogens (primary N) is 1. The van der Waals surface area contributed by atoms with E-state index in [-0.39, 0.29) is 5.91 Å². The first-order chi connectivity index (χ1) is 9.63. The third-order valence-corrected chi connectivity index (χ3v) is 3.38. The molecule has 6 heteroatoms. The summed E-state index contributed by atoms with van der Waals surface area (Å²) in [5, 5.41) is 0. The largest absolute Gasteiger partial charge is 0.397 e. The predicted molar refractivity (Wildman–Crippen MR) is 78.3 cm³/mol. The normalized spacial score (nSPS) is 13.8. The predicted octanol–water partition coefficient (Wildman–Crippen LogP) is 1.81. The molecule has 0 saturated heterocycles. The van der Waals surface area contributed by atoms with Crippen LogP contribution in [-0.2, 0) is 0 Å². The number of hydrogen-bond acceptors (Lipinski definition) is 5. The molecule has 0 saturated carbocycles. The molecule has 1 aliphatic rings. The molecule has 2 N–H and O–H groups in total. The molecule has 1 amide bonds. The minimum Gasteiger partial charge on any atom is -0.397 e. The summed E-state index contributed by atoms with van der Waals surface area (Å²) < 4.78 is 0. The summed E-state index contributed by atoms with van der Waals surface area (Å²) in [5.74, 6) is 1.18. The van der Waals surface area contributed by atoms with Crippen LogP contribution in [0.4, 0.5) is 23.0 Å². The van der Waals surface area contributed by atoms with Gasteiger partial charge in [-0.2, -0.15) is 0 Å². The van der Waals surface area contributed by atoms with Gasteiger partial charge in [-0.1, -0.05) is 0 Å². The SMILES string of the molecule is CCN1c2ncc(N)cc2C(=O)N(C)c2cccnc21. The lowest BCUT2D eigenvalue weighted by atomic mass is 10.2. The average Bonchev–Trinajstić information content (AvgIpc) is 2.55. The Labute approximate surface area is 116 Å². The molecule has 0 radical (unpaired) electrons. The summed E-state index contributed by atoms with van der Waals surface area (Å²) in [7, 11) is 1.73. The van der Waals surface area contributed by atoms with Gasteiger partial charge in [0.15, 0.2) is 5.82 Å². The Hall–Kier alpha value is -2.63. The highest BCUT2D eigenvalue weighted by atomic mass is 16.2. The number of pyridine rings is 2. The minimum atomic E-state index is -0.134.